The second-order valence-corrected chi connectivity index (χ2v) is 8.91. The summed E-state index contributed by atoms with van der Waals surface area (Å²) < 4.78 is 32.0. The molecule has 4 rings (SSSR count). The first kappa shape index (κ1) is 20.1. The van der Waals surface area contributed by atoms with Gasteiger partial charge in [-0.2, -0.15) is 0 Å². The third-order valence-electron chi connectivity index (χ3n) is 5.26. The summed E-state index contributed by atoms with van der Waals surface area (Å²) in [6.07, 6.45) is 4.78. The van der Waals surface area contributed by atoms with Crippen molar-refractivity contribution < 1.29 is 22.7 Å². The maximum atomic E-state index is 12.9. The molecule has 30 heavy (non-hydrogen) atoms. The minimum atomic E-state index is -3.43. The molecular formula is C20H22N4O5S. The highest BCUT2D eigenvalue weighted by molar-refractivity contribution is 7.90. The monoisotopic (exact) mass is 430 g/mol. The highest BCUT2D eigenvalue weighted by atomic mass is 32.2. The van der Waals surface area contributed by atoms with E-state index in [9.17, 15) is 18.0 Å². The molecule has 0 unspecified atom stereocenters. The molecule has 3 heterocycles. The zero-order valence-electron chi connectivity index (χ0n) is 16.5. The van der Waals surface area contributed by atoms with Crippen LogP contribution in [0.5, 0.6) is 5.75 Å². The molecule has 0 radical (unpaired) electrons. The second kappa shape index (κ2) is 7.94. The van der Waals surface area contributed by atoms with Crippen molar-refractivity contribution in [2.75, 3.05) is 45.6 Å². The molecular weight excluding hydrogens is 408 g/mol. The zero-order chi connectivity index (χ0) is 21.3. The number of fused-ring (bicyclic) bond motifs is 1. The summed E-state index contributed by atoms with van der Waals surface area (Å²) in [5, 5.41) is 0. The number of piperazine rings is 1. The Morgan fingerprint density at radius 3 is 2.20 bits per heavy atom. The fraction of sp³-hybridized carbons (Fsp3) is 0.350. The van der Waals surface area contributed by atoms with Crippen LogP contribution in [0.25, 0.3) is 0 Å². The Balaban J connectivity index is 1.37. The number of hydrogen-bond acceptors (Lipinski definition) is 6. The van der Waals surface area contributed by atoms with Crippen LogP contribution in [0.15, 0.2) is 52.6 Å². The van der Waals surface area contributed by atoms with Crippen LogP contribution in [0.3, 0.4) is 0 Å². The highest BCUT2D eigenvalue weighted by Gasteiger charge is 2.29. The first-order valence-corrected chi connectivity index (χ1v) is 11.2. The molecule has 3 aliphatic rings. The number of hydrogen-bond donors (Lipinski definition) is 0. The van der Waals surface area contributed by atoms with Crippen molar-refractivity contribution in [3.05, 3.63) is 53.8 Å². The molecule has 0 spiro atoms. The molecule has 1 aromatic rings. The molecule has 1 fully saturated rings. The number of benzene rings is 1. The van der Waals surface area contributed by atoms with E-state index in [0.29, 0.717) is 48.9 Å². The quantitative estimate of drug-likeness (QED) is 0.692. The van der Waals surface area contributed by atoms with Crippen LogP contribution in [0, 0.1) is 0 Å². The van der Waals surface area contributed by atoms with Gasteiger partial charge in [-0.05, 0) is 36.4 Å². The van der Waals surface area contributed by atoms with Crippen molar-refractivity contribution >= 4 is 27.7 Å². The Bertz CT molecular complexity index is 1050. The van der Waals surface area contributed by atoms with E-state index in [1.165, 1.54) is 0 Å². The van der Waals surface area contributed by atoms with Crippen LogP contribution in [0.4, 0.5) is 0 Å². The van der Waals surface area contributed by atoms with E-state index in [1.54, 1.807) is 64.4 Å². The predicted octanol–water partition coefficient (Wildman–Crippen LogP) is 0.477. The van der Waals surface area contributed by atoms with Crippen LogP contribution < -0.4 is 4.74 Å². The van der Waals surface area contributed by atoms with Crippen molar-refractivity contribution in [3.8, 4) is 5.75 Å². The van der Waals surface area contributed by atoms with Crippen molar-refractivity contribution in [3.63, 3.8) is 0 Å². The van der Waals surface area contributed by atoms with E-state index >= 15 is 0 Å². The summed E-state index contributed by atoms with van der Waals surface area (Å²) in [5.74, 6) is 0.726. The van der Waals surface area contributed by atoms with Gasteiger partial charge in [-0.1, -0.05) is 0 Å². The average molecular weight is 430 g/mol. The SMILES string of the molecule is COc1ccc(C(=O)N2CCN(C(=O)C3=CN4CCS(=O)(=O)N=C4C=C3)CC2)cc1. The molecule has 1 aromatic carbocycles. The number of carbonyl (C=O) groups excluding carboxylic acids is 2. The predicted molar refractivity (Wildman–Crippen MR) is 111 cm³/mol. The van der Waals surface area contributed by atoms with Crippen LogP contribution in [0.1, 0.15) is 10.4 Å². The van der Waals surface area contributed by atoms with E-state index in [-0.39, 0.29) is 24.1 Å². The van der Waals surface area contributed by atoms with Gasteiger partial charge in [0.1, 0.15) is 11.6 Å². The lowest BCUT2D eigenvalue weighted by atomic mass is 10.1. The molecule has 0 atom stereocenters. The number of nitrogens with zero attached hydrogens (tertiary/aromatic N) is 4. The molecule has 158 valence electrons. The molecule has 0 saturated carbocycles. The molecule has 0 N–H and O–H groups in total. The van der Waals surface area contributed by atoms with Gasteiger partial charge in [-0.3, -0.25) is 9.59 Å². The first-order chi connectivity index (χ1) is 14.4. The summed E-state index contributed by atoms with van der Waals surface area (Å²) in [7, 11) is -1.85. The van der Waals surface area contributed by atoms with Gasteiger partial charge in [0.15, 0.2) is 0 Å². The number of ether oxygens (including phenoxy) is 1. The van der Waals surface area contributed by atoms with Crippen LogP contribution in [-0.4, -0.2) is 86.4 Å². The largest absolute Gasteiger partial charge is 0.497 e. The molecule has 0 bridgehead atoms. The van der Waals surface area contributed by atoms with Gasteiger partial charge in [0, 0.05) is 44.5 Å². The maximum absolute atomic E-state index is 12.9. The van der Waals surface area contributed by atoms with E-state index in [1.807, 2.05) is 0 Å². The lowest BCUT2D eigenvalue weighted by Gasteiger charge is -2.36. The molecule has 0 aliphatic carbocycles. The Hall–Kier alpha value is -3.14. The van der Waals surface area contributed by atoms with Crippen molar-refractivity contribution in [1.29, 1.82) is 0 Å². The Morgan fingerprint density at radius 1 is 0.933 bits per heavy atom. The van der Waals surface area contributed by atoms with Crippen molar-refractivity contribution in [1.82, 2.24) is 14.7 Å². The lowest BCUT2D eigenvalue weighted by Crippen LogP contribution is -2.51. The van der Waals surface area contributed by atoms with Gasteiger partial charge in [0.25, 0.3) is 21.8 Å². The number of carbonyl (C=O) groups is 2. The van der Waals surface area contributed by atoms with Crippen LogP contribution in [-0.2, 0) is 14.8 Å². The van der Waals surface area contributed by atoms with E-state index < -0.39 is 10.0 Å². The molecule has 10 heteroatoms. The summed E-state index contributed by atoms with van der Waals surface area (Å²) in [6, 6.07) is 6.96. The van der Waals surface area contributed by atoms with Gasteiger partial charge in [-0.15, -0.1) is 4.40 Å². The normalized spacial score (nSPS) is 20.2. The molecule has 1 saturated heterocycles. The average Bonchev–Trinajstić information content (AvgIpc) is 2.77. The minimum Gasteiger partial charge on any atom is -0.497 e. The zero-order valence-corrected chi connectivity index (χ0v) is 17.3. The van der Waals surface area contributed by atoms with Crippen molar-refractivity contribution in [2.24, 2.45) is 4.40 Å². The third-order valence-corrected chi connectivity index (χ3v) is 6.43. The molecule has 3 aliphatic heterocycles. The lowest BCUT2D eigenvalue weighted by molar-refractivity contribution is -0.128. The summed E-state index contributed by atoms with van der Waals surface area (Å²) in [4.78, 5) is 30.7. The highest BCUT2D eigenvalue weighted by Crippen LogP contribution is 2.19. The molecule has 9 nitrogen and oxygen atoms in total. The van der Waals surface area contributed by atoms with Gasteiger partial charge in [-0.25, -0.2) is 8.42 Å². The molecule has 0 aromatic heterocycles. The Morgan fingerprint density at radius 2 is 1.57 bits per heavy atom. The number of methoxy groups -OCH3 is 1. The Kier molecular flexibility index (Phi) is 5.33. The van der Waals surface area contributed by atoms with Gasteiger partial charge in [0.05, 0.1) is 18.4 Å². The van der Waals surface area contributed by atoms with Gasteiger partial charge < -0.3 is 19.4 Å². The fourth-order valence-corrected chi connectivity index (χ4v) is 4.51. The number of amides is 2. The topological polar surface area (TPSA) is 99.6 Å². The number of amidine groups is 1. The second-order valence-electron chi connectivity index (χ2n) is 7.16. The number of sulfonamides is 1. The Labute approximate surface area is 175 Å². The number of rotatable bonds is 3. The minimum absolute atomic E-state index is 0.0723. The smallest absolute Gasteiger partial charge is 0.256 e. The summed E-state index contributed by atoms with van der Waals surface area (Å²) in [5.41, 5.74) is 1.06. The van der Waals surface area contributed by atoms with E-state index in [2.05, 4.69) is 4.40 Å². The fourth-order valence-electron chi connectivity index (χ4n) is 3.54. The standard InChI is InChI=1S/C20H22N4O5S/c1-29-17-5-2-15(3-6-17)19(25)22-8-10-23(11-9-22)20(26)16-4-7-18-21-30(27,28)13-12-24(18)14-16/h2-7,14H,8-13H2,1H3. The molecule has 2 amide bonds. The van der Waals surface area contributed by atoms with Gasteiger partial charge in [0.2, 0.25) is 0 Å². The third kappa shape index (κ3) is 4.09. The van der Waals surface area contributed by atoms with Crippen LogP contribution in [0.2, 0.25) is 0 Å². The van der Waals surface area contributed by atoms with E-state index in [4.69, 9.17) is 4.74 Å². The van der Waals surface area contributed by atoms with Crippen LogP contribution >= 0.6 is 0 Å². The first-order valence-electron chi connectivity index (χ1n) is 9.58. The summed E-state index contributed by atoms with van der Waals surface area (Å²) in [6.45, 7) is 2.03. The summed E-state index contributed by atoms with van der Waals surface area (Å²) >= 11 is 0. The van der Waals surface area contributed by atoms with Gasteiger partial charge >= 0.3 is 0 Å². The van der Waals surface area contributed by atoms with Crippen molar-refractivity contribution in [2.45, 2.75) is 0 Å². The van der Waals surface area contributed by atoms with E-state index in [0.717, 1.165) is 0 Å². The maximum Gasteiger partial charge on any atom is 0.256 e.